The molecule has 0 bridgehead atoms. The molecular weight excluding hydrogens is 136 g/mol. The Morgan fingerprint density at radius 2 is 2.27 bits per heavy atom. The molecule has 56 valence electrons. The zero-order valence-corrected chi connectivity index (χ0v) is 6.55. The molecule has 0 spiro atoms. The van der Waals surface area contributed by atoms with Crippen LogP contribution in [0.5, 0.6) is 0 Å². The van der Waals surface area contributed by atoms with Gasteiger partial charge in [-0.2, -0.15) is 0 Å². The van der Waals surface area contributed by atoms with Crippen molar-refractivity contribution in [3.8, 4) is 0 Å². The first-order valence-electron chi connectivity index (χ1n) is 3.71. The highest BCUT2D eigenvalue weighted by molar-refractivity contribution is 5.44. The molecule has 1 aromatic heterocycles. The fraction of sp³-hybridized carbons (Fsp3) is 0.200. The van der Waals surface area contributed by atoms with E-state index < -0.39 is 0 Å². The molecule has 1 aliphatic rings. The van der Waals surface area contributed by atoms with Crippen molar-refractivity contribution < 1.29 is 4.42 Å². The largest absolute Gasteiger partial charge is 0.458 e. The first-order valence-corrected chi connectivity index (χ1v) is 3.71. The van der Waals surface area contributed by atoms with Crippen LogP contribution in [0.3, 0.4) is 0 Å². The lowest BCUT2D eigenvalue weighted by atomic mass is 10.0. The van der Waals surface area contributed by atoms with E-state index in [1.807, 2.05) is 12.1 Å². The molecule has 0 aromatic carbocycles. The lowest BCUT2D eigenvalue weighted by Gasteiger charge is -2.00. The van der Waals surface area contributed by atoms with Crippen LogP contribution >= 0.6 is 0 Å². The minimum atomic E-state index is 0.759. The highest BCUT2D eigenvalue weighted by atomic mass is 16.3. The molecule has 0 fully saturated rings. The summed E-state index contributed by atoms with van der Waals surface area (Å²) in [6.07, 6.45) is 5.10. The van der Waals surface area contributed by atoms with Gasteiger partial charge in [-0.05, 0) is 25.5 Å². The van der Waals surface area contributed by atoms with Gasteiger partial charge >= 0.3 is 0 Å². The summed E-state index contributed by atoms with van der Waals surface area (Å²) >= 11 is 0. The van der Waals surface area contributed by atoms with Crippen LogP contribution < -0.4 is 10.8 Å². The third-order valence-corrected chi connectivity index (χ3v) is 1.88. The maximum absolute atomic E-state index is 5.34. The zero-order chi connectivity index (χ0) is 7.84. The summed E-state index contributed by atoms with van der Waals surface area (Å²) in [5.74, 6) is 0. The molecule has 1 aromatic rings. The van der Waals surface area contributed by atoms with Crippen molar-refractivity contribution in [3.05, 3.63) is 34.1 Å². The summed E-state index contributed by atoms with van der Waals surface area (Å²) in [4.78, 5) is 0. The number of allylic oxidation sites excluding steroid dienone is 2. The predicted molar refractivity (Wildman–Crippen MR) is 45.4 cm³/mol. The summed E-state index contributed by atoms with van der Waals surface area (Å²) in [6.45, 7) is 5.86. The van der Waals surface area contributed by atoms with Gasteiger partial charge in [0.1, 0.15) is 10.8 Å². The molecule has 0 aliphatic heterocycles. The van der Waals surface area contributed by atoms with E-state index in [0.29, 0.717) is 0 Å². The number of hydrogen-bond acceptors (Lipinski definition) is 1. The topological polar surface area (TPSA) is 13.1 Å². The highest BCUT2D eigenvalue weighted by Crippen LogP contribution is 2.06. The quantitative estimate of drug-likeness (QED) is 0.531. The van der Waals surface area contributed by atoms with Crippen LogP contribution in [0, 0.1) is 0 Å². The predicted octanol–water partition coefficient (Wildman–Crippen LogP) is 0.973. The summed E-state index contributed by atoms with van der Waals surface area (Å²) < 4.78 is 5.34. The van der Waals surface area contributed by atoms with Gasteiger partial charge in [0, 0.05) is 5.56 Å². The number of fused-ring (bicyclic) bond motifs is 1. The Labute approximate surface area is 65.3 Å². The fourth-order valence-corrected chi connectivity index (χ4v) is 1.36. The Morgan fingerprint density at radius 1 is 1.45 bits per heavy atom. The van der Waals surface area contributed by atoms with E-state index in [9.17, 15) is 0 Å². The van der Waals surface area contributed by atoms with Gasteiger partial charge < -0.3 is 4.42 Å². The first-order chi connectivity index (χ1) is 5.25. The minimum Gasteiger partial charge on any atom is -0.458 e. The van der Waals surface area contributed by atoms with Gasteiger partial charge in [-0.1, -0.05) is 18.2 Å². The maximum Gasteiger partial charge on any atom is 0.131 e. The molecule has 0 unspecified atom stereocenters. The van der Waals surface area contributed by atoms with Gasteiger partial charge in [-0.3, -0.25) is 0 Å². The van der Waals surface area contributed by atoms with Crippen molar-refractivity contribution >= 4 is 12.7 Å². The highest BCUT2D eigenvalue weighted by Gasteiger charge is 2.03. The third kappa shape index (κ3) is 1.03. The average molecular weight is 146 g/mol. The van der Waals surface area contributed by atoms with Crippen LogP contribution in [0.2, 0.25) is 0 Å². The zero-order valence-electron chi connectivity index (χ0n) is 6.55. The molecule has 0 saturated carbocycles. The Hall–Kier alpha value is -1.24. The molecule has 1 heterocycles. The standard InChI is InChI=1S/C10H10O/c1-7-3-4-10-9(5-7)6-8(2)11-10/h3-4,6H,2,5H2,1H3. The van der Waals surface area contributed by atoms with Crippen LogP contribution in [0.25, 0.3) is 12.7 Å². The second-order valence-electron chi connectivity index (χ2n) is 2.96. The van der Waals surface area contributed by atoms with E-state index in [4.69, 9.17) is 4.42 Å². The van der Waals surface area contributed by atoms with Crippen LogP contribution in [-0.4, -0.2) is 0 Å². The van der Waals surface area contributed by atoms with Gasteiger partial charge in [-0.25, -0.2) is 0 Å². The Bertz CT molecular complexity index is 407. The fourth-order valence-electron chi connectivity index (χ4n) is 1.36. The molecule has 0 saturated heterocycles. The maximum atomic E-state index is 5.34. The van der Waals surface area contributed by atoms with Crippen LogP contribution in [0.4, 0.5) is 0 Å². The van der Waals surface area contributed by atoms with E-state index in [-0.39, 0.29) is 0 Å². The molecule has 0 radical (unpaired) electrons. The average Bonchev–Trinajstić information content (AvgIpc) is 2.27. The lowest BCUT2D eigenvalue weighted by Crippen LogP contribution is -2.07. The van der Waals surface area contributed by atoms with Gasteiger partial charge in [-0.15, -0.1) is 0 Å². The smallest absolute Gasteiger partial charge is 0.131 e. The summed E-state index contributed by atoms with van der Waals surface area (Å²) in [6, 6.07) is 2.00. The second kappa shape index (κ2) is 2.12. The molecule has 11 heavy (non-hydrogen) atoms. The van der Waals surface area contributed by atoms with Crippen molar-refractivity contribution in [3.63, 3.8) is 0 Å². The van der Waals surface area contributed by atoms with Gasteiger partial charge in [0.15, 0.2) is 0 Å². The normalized spacial score (nSPS) is 15.2. The lowest BCUT2D eigenvalue weighted by molar-refractivity contribution is 0.500. The minimum absolute atomic E-state index is 0.759. The van der Waals surface area contributed by atoms with E-state index in [0.717, 1.165) is 17.3 Å². The van der Waals surface area contributed by atoms with Crippen LogP contribution in [-0.2, 0) is 6.42 Å². The Morgan fingerprint density at radius 3 is 3.09 bits per heavy atom. The van der Waals surface area contributed by atoms with Crippen LogP contribution in [0.1, 0.15) is 12.5 Å². The first kappa shape index (κ1) is 6.47. The molecule has 1 aliphatic carbocycles. The molecule has 1 heteroatoms. The van der Waals surface area contributed by atoms with Crippen LogP contribution in [0.15, 0.2) is 22.1 Å². The third-order valence-electron chi connectivity index (χ3n) is 1.88. The Kier molecular flexibility index (Phi) is 1.25. The molecular formula is C10H10O. The van der Waals surface area contributed by atoms with Crippen molar-refractivity contribution in [1.29, 1.82) is 0 Å². The van der Waals surface area contributed by atoms with Gasteiger partial charge in [0.05, 0.1) is 0 Å². The molecule has 0 atom stereocenters. The molecule has 0 amide bonds. The summed E-state index contributed by atoms with van der Waals surface area (Å²) in [5, 5.41) is 0. The van der Waals surface area contributed by atoms with Crippen molar-refractivity contribution in [1.82, 2.24) is 0 Å². The van der Waals surface area contributed by atoms with E-state index >= 15 is 0 Å². The summed E-state index contributed by atoms with van der Waals surface area (Å²) in [7, 11) is 0. The second-order valence-corrected chi connectivity index (χ2v) is 2.96. The van der Waals surface area contributed by atoms with Crippen molar-refractivity contribution in [2.45, 2.75) is 13.3 Å². The number of rotatable bonds is 0. The number of furan rings is 1. The molecule has 1 nitrogen and oxygen atoms in total. The molecule has 0 N–H and O–H groups in total. The van der Waals surface area contributed by atoms with Gasteiger partial charge in [0.2, 0.25) is 0 Å². The van der Waals surface area contributed by atoms with E-state index in [2.05, 4.69) is 19.6 Å². The SMILES string of the molecule is C=c1cc2c(o1)=CC=C(C)C2. The van der Waals surface area contributed by atoms with E-state index in [1.54, 1.807) is 0 Å². The summed E-state index contributed by atoms with van der Waals surface area (Å²) in [5.41, 5.74) is 4.36. The van der Waals surface area contributed by atoms with Crippen molar-refractivity contribution in [2.75, 3.05) is 0 Å². The van der Waals surface area contributed by atoms with E-state index in [1.165, 1.54) is 11.1 Å². The van der Waals surface area contributed by atoms with Crippen molar-refractivity contribution in [2.24, 2.45) is 0 Å². The monoisotopic (exact) mass is 146 g/mol. The number of hydrogen-bond donors (Lipinski definition) is 0. The Balaban J connectivity index is 2.69. The molecule has 2 rings (SSSR count). The van der Waals surface area contributed by atoms with Gasteiger partial charge in [0.25, 0.3) is 0 Å².